The molecule has 0 atom stereocenters. The molecular weight excluding hydrogens is 408 g/mol. The number of hydrogen-bond acceptors (Lipinski definition) is 6. The molecule has 168 valence electrons. The van der Waals surface area contributed by atoms with Crippen molar-refractivity contribution >= 4 is 28.6 Å². The highest BCUT2D eigenvalue weighted by Crippen LogP contribution is 2.19. The highest BCUT2D eigenvalue weighted by molar-refractivity contribution is 5.89. The number of rotatable bonds is 5. The molecule has 3 heterocycles. The molecule has 1 aliphatic heterocycles. The quantitative estimate of drug-likeness (QED) is 0.661. The highest BCUT2D eigenvalue weighted by atomic mass is 16.5. The van der Waals surface area contributed by atoms with Crippen LogP contribution in [-0.2, 0) is 6.54 Å². The van der Waals surface area contributed by atoms with Crippen LogP contribution < -0.4 is 20.5 Å². The number of carbonyl (C=O) groups excluding carboxylic acids is 1. The Morgan fingerprint density at radius 1 is 1.19 bits per heavy atom. The summed E-state index contributed by atoms with van der Waals surface area (Å²) in [5.74, 6) is 1.42. The third-order valence-electron chi connectivity index (χ3n) is 5.47. The molecule has 0 aliphatic carbocycles. The third-order valence-corrected chi connectivity index (χ3v) is 5.47. The molecule has 1 aromatic carbocycles. The van der Waals surface area contributed by atoms with Gasteiger partial charge in [0.15, 0.2) is 5.82 Å². The van der Waals surface area contributed by atoms with Gasteiger partial charge < -0.3 is 24.4 Å². The van der Waals surface area contributed by atoms with E-state index in [4.69, 9.17) is 4.74 Å². The number of pyridine rings is 1. The third kappa shape index (κ3) is 4.51. The van der Waals surface area contributed by atoms with Gasteiger partial charge in [-0.2, -0.15) is 0 Å². The summed E-state index contributed by atoms with van der Waals surface area (Å²) in [6, 6.07) is 8.91. The van der Waals surface area contributed by atoms with Gasteiger partial charge in [-0.25, -0.2) is 9.78 Å². The topological polar surface area (TPSA) is 92.6 Å². The van der Waals surface area contributed by atoms with E-state index in [2.05, 4.69) is 29.1 Å². The van der Waals surface area contributed by atoms with E-state index in [-0.39, 0.29) is 11.6 Å². The van der Waals surface area contributed by atoms with E-state index in [1.54, 1.807) is 35.0 Å². The number of urea groups is 1. The van der Waals surface area contributed by atoms with E-state index >= 15 is 0 Å². The van der Waals surface area contributed by atoms with Gasteiger partial charge in [-0.15, -0.1) is 0 Å². The van der Waals surface area contributed by atoms with E-state index in [9.17, 15) is 9.59 Å². The first-order valence-electron chi connectivity index (χ1n) is 10.8. The molecule has 1 N–H and O–H groups in total. The number of hydrogen-bond donors (Lipinski definition) is 1. The summed E-state index contributed by atoms with van der Waals surface area (Å²) in [5, 5.41) is 2.91. The number of benzene rings is 1. The van der Waals surface area contributed by atoms with E-state index < -0.39 is 0 Å². The number of carbonyl (C=O) groups is 1. The minimum Gasteiger partial charge on any atom is -0.497 e. The molecule has 3 aromatic rings. The molecule has 0 saturated carbocycles. The molecule has 9 nitrogen and oxygen atoms in total. The van der Waals surface area contributed by atoms with Crippen LogP contribution in [0.3, 0.4) is 0 Å². The minimum absolute atomic E-state index is 0.117. The van der Waals surface area contributed by atoms with Gasteiger partial charge in [0, 0.05) is 50.7 Å². The average Bonchev–Trinajstić information content (AvgIpc) is 2.80. The summed E-state index contributed by atoms with van der Waals surface area (Å²) >= 11 is 0. The van der Waals surface area contributed by atoms with Crippen molar-refractivity contribution in [1.82, 2.24) is 19.4 Å². The Bertz CT molecular complexity index is 1170. The Hall–Kier alpha value is -3.62. The first-order chi connectivity index (χ1) is 15.5. The number of nitrogens with one attached hydrogen (secondary N) is 1. The maximum absolute atomic E-state index is 13.3. The predicted molar refractivity (Wildman–Crippen MR) is 124 cm³/mol. The molecular formula is C23H28N6O3. The van der Waals surface area contributed by atoms with E-state index in [0.29, 0.717) is 55.9 Å². The molecule has 0 spiro atoms. The second-order valence-electron chi connectivity index (χ2n) is 8.25. The van der Waals surface area contributed by atoms with Crippen molar-refractivity contribution in [3.8, 4) is 5.75 Å². The lowest BCUT2D eigenvalue weighted by molar-refractivity contribution is 0.208. The summed E-state index contributed by atoms with van der Waals surface area (Å²) in [5.41, 5.74) is 2.05. The van der Waals surface area contributed by atoms with Gasteiger partial charge in [-0.1, -0.05) is 19.9 Å². The van der Waals surface area contributed by atoms with Crippen molar-refractivity contribution < 1.29 is 9.53 Å². The summed E-state index contributed by atoms with van der Waals surface area (Å²) in [7, 11) is 1.59. The monoisotopic (exact) mass is 436 g/mol. The normalized spacial score (nSPS) is 14.1. The van der Waals surface area contributed by atoms with Crippen LogP contribution in [0.5, 0.6) is 5.75 Å². The summed E-state index contributed by atoms with van der Waals surface area (Å²) in [4.78, 5) is 38.5. The van der Waals surface area contributed by atoms with Crippen molar-refractivity contribution in [3.63, 3.8) is 0 Å². The second kappa shape index (κ2) is 9.25. The number of piperazine rings is 1. The lowest BCUT2D eigenvalue weighted by atomic mass is 10.2. The number of aromatic nitrogens is 3. The van der Waals surface area contributed by atoms with Crippen LogP contribution in [0.4, 0.5) is 16.3 Å². The van der Waals surface area contributed by atoms with Crippen molar-refractivity contribution in [3.05, 3.63) is 53.1 Å². The fourth-order valence-corrected chi connectivity index (χ4v) is 3.85. The number of nitrogens with zero attached hydrogens (tertiary/aromatic N) is 5. The largest absolute Gasteiger partial charge is 0.497 e. The maximum Gasteiger partial charge on any atom is 0.321 e. The molecule has 4 rings (SSSR count). The number of ether oxygens (including phenoxy) is 1. The second-order valence-corrected chi connectivity index (χ2v) is 8.25. The number of methoxy groups -OCH3 is 1. The van der Waals surface area contributed by atoms with Gasteiger partial charge in [0.05, 0.1) is 24.3 Å². The van der Waals surface area contributed by atoms with Crippen LogP contribution in [0, 0.1) is 5.92 Å². The smallest absolute Gasteiger partial charge is 0.321 e. The van der Waals surface area contributed by atoms with Gasteiger partial charge in [-0.3, -0.25) is 9.78 Å². The van der Waals surface area contributed by atoms with Gasteiger partial charge >= 0.3 is 6.03 Å². The minimum atomic E-state index is -0.173. The summed E-state index contributed by atoms with van der Waals surface area (Å²) < 4.78 is 6.97. The first kappa shape index (κ1) is 21.6. The summed E-state index contributed by atoms with van der Waals surface area (Å²) in [6.45, 7) is 6.81. The summed E-state index contributed by atoms with van der Waals surface area (Å²) in [6.07, 6.45) is 3.38. The Kier molecular flexibility index (Phi) is 6.25. The lowest BCUT2D eigenvalue weighted by Gasteiger charge is -2.35. The van der Waals surface area contributed by atoms with E-state index in [1.807, 2.05) is 29.2 Å². The zero-order chi connectivity index (χ0) is 22.7. The molecule has 0 unspecified atom stereocenters. The molecule has 9 heteroatoms. The van der Waals surface area contributed by atoms with Crippen molar-refractivity contribution in [2.75, 3.05) is 43.5 Å². The van der Waals surface area contributed by atoms with Gasteiger partial charge in [0.25, 0.3) is 5.56 Å². The number of anilines is 2. The molecule has 32 heavy (non-hydrogen) atoms. The zero-order valence-electron chi connectivity index (χ0n) is 18.6. The number of fused-ring (bicyclic) bond motifs is 1. The van der Waals surface area contributed by atoms with Crippen LogP contribution in [0.25, 0.3) is 11.0 Å². The van der Waals surface area contributed by atoms with Crippen LogP contribution in [0.1, 0.15) is 13.8 Å². The lowest BCUT2D eigenvalue weighted by Crippen LogP contribution is -2.51. The molecule has 0 radical (unpaired) electrons. The van der Waals surface area contributed by atoms with Crippen molar-refractivity contribution in [1.29, 1.82) is 0 Å². The average molecular weight is 437 g/mol. The van der Waals surface area contributed by atoms with E-state index in [1.165, 1.54) is 0 Å². The highest BCUT2D eigenvalue weighted by Gasteiger charge is 2.25. The van der Waals surface area contributed by atoms with Gasteiger partial charge in [0.1, 0.15) is 5.75 Å². The van der Waals surface area contributed by atoms with E-state index in [0.717, 1.165) is 11.0 Å². The Balaban J connectivity index is 1.50. The standard InChI is InChI=1S/C23H28N6O3/c1-16(2)15-29-20-14-24-8-7-19(20)26-21(22(29)30)27-9-11-28(12-10-27)23(31)25-17-5-4-6-18(13-17)32-3/h4-8,13-14,16H,9-12,15H2,1-3H3,(H,25,31). The van der Waals surface area contributed by atoms with Gasteiger partial charge in [0.2, 0.25) is 0 Å². The zero-order valence-corrected chi connectivity index (χ0v) is 18.6. The van der Waals surface area contributed by atoms with Crippen LogP contribution in [-0.4, -0.2) is 58.8 Å². The molecule has 1 aliphatic rings. The first-order valence-corrected chi connectivity index (χ1v) is 10.8. The molecule has 2 aromatic heterocycles. The van der Waals surface area contributed by atoms with Crippen LogP contribution >= 0.6 is 0 Å². The predicted octanol–water partition coefficient (Wildman–Crippen LogP) is 2.81. The number of amides is 2. The molecule has 2 amide bonds. The fourth-order valence-electron chi connectivity index (χ4n) is 3.85. The Labute approximate surface area is 186 Å². The van der Waals surface area contributed by atoms with Gasteiger partial charge in [-0.05, 0) is 24.1 Å². The maximum atomic E-state index is 13.3. The van der Waals surface area contributed by atoms with Crippen molar-refractivity contribution in [2.24, 2.45) is 5.92 Å². The van der Waals surface area contributed by atoms with Crippen molar-refractivity contribution in [2.45, 2.75) is 20.4 Å². The molecule has 0 bridgehead atoms. The molecule has 1 saturated heterocycles. The molecule has 1 fully saturated rings. The SMILES string of the molecule is COc1cccc(NC(=O)N2CCN(c3nc4ccncc4n(CC(C)C)c3=O)CC2)c1. The van der Waals surface area contributed by atoms with Crippen LogP contribution in [0.2, 0.25) is 0 Å². The Morgan fingerprint density at radius 3 is 2.69 bits per heavy atom. The fraction of sp³-hybridized carbons (Fsp3) is 0.391. The Morgan fingerprint density at radius 2 is 1.97 bits per heavy atom. The van der Waals surface area contributed by atoms with Crippen LogP contribution in [0.15, 0.2) is 47.5 Å².